The van der Waals surface area contributed by atoms with Crippen LogP contribution in [0.3, 0.4) is 0 Å². The Bertz CT molecular complexity index is 891. The van der Waals surface area contributed by atoms with Crippen molar-refractivity contribution in [2.75, 3.05) is 27.2 Å². The Hall–Kier alpha value is -2.80. The molecule has 1 fully saturated rings. The van der Waals surface area contributed by atoms with E-state index in [1.54, 1.807) is 32.3 Å². The van der Waals surface area contributed by atoms with Crippen LogP contribution in [0.15, 0.2) is 42.5 Å². The largest absolute Gasteiger partial charge is 0.350 e. The van der Waals surface area contributed by atoms with Gasteiger partial charge < -0.3 is 10.2 Å². The highest BCUT2D eigenvalue weighted by Gasteiger charge is 2.28. The van der Waals surface area contributed by atoms with Crippen LogP contribution in [0, 0.1) is 11.6 Å². The number of amides is 2. The summed E-state index contributed by atoms with van der Waals surface area (Å²) >= 11 is 0. The second kappa shape index (κ2) is 9.80. The lowest BCUT2D eigenvalue weighted by molar-refractivity contribution is -0.126. The molecule has 1 aliphatic heterocycles. The van der Waals surface area contributed by atoms with Crippen LogP contribution in [0.1, 0.15) is 46.8 Å². The first-order valence-corrected chi connectivity index (χ1v) is 10.1. The summed E-state index contributed by atoms with van der Waals surface area (Å²) in [4.78, 5) is 28.8. The number of hydrogen-bond acceptors (Lipinski definition) is 3. The van der Waals surface area contributed by atoms with Crippen molar-refractivity contribution in [2.45, 2.75) is 31.8 Å². The van der Waals surface area contributed by atoms with Gasteiger partial charge in [-0.25, -0.2) is 8.78 Å². The quantitative estimate of drug-likeness (QED) is 0.786. The molecule has 2 amide bonds. The van der Waals surface area contributed by atoms with Crippen molar-refractivity contribution in [3.63, 3.8) is 0 Å². The standard InChI is InChI=1S/C23H27F2N3O2/c1-27(2)21(20-18(24)10-7-11-19(20)25)22(29)26-15-16-8-6-9-17(14-16)23(30)28-12-4-3-5-13-28/h6-11,14,21H,3-5,12-13,15H2,1-2H3,(H,26,29). The van der Waals surface area contributed by atoms with E-state index in [-0.39, 0.29) is 18.0 Å². The summed E-state index contributed by atoms with van der Waals surface area (Å²) in [6.45, 7) is 1.68. The van der Waals surface area contributed by atoms with Gasteiger partial charge in [-0.3, -0.25) is 14.5 Å². The molecule has 1 N–H and O–H groups in total. The highest BCUT2D eigenvalue weighted by molar-refractivity contribution is 5.94. The van der Waals surface area contributed by atoms with Gasteiger partial charge in [0.15, 0.2) is 0 Å². The molecule has 1 unspecified atom stereocenters. The monoisotopic (exact) mass is 415 g/mol. The van der Waals surface area contributed by atoms with Crippen molar-refractivity contribution in [3.05, 3.63) is 70.8 Å². The Kier molecular flexibility index (Phi) is 7.15. The summed E-state index contributed by atoms with van der Waals surface area (Å²) in [7, 11) is 3.18. The summed E-state index contributed by atoms with van der Waals surface area (Å²) in [5, 5.41) is 2.74. The Morgan fingerprint density at radius 1 is 1.03 bits per heavy atom. The third-order valence-corrected chi connectivity index (χ3v) is 5.32. The van der Waals surface area contributed by atoms with Gasteiger partial charge in [0.1, 0.15) is 17.7 Å². The number of likely N-dealkylation sites (tertiary alicyclic amines) is 1. The lowest BCUT2D eigenvalue weighted by Crippen LogP contribution is -2.38. The molecule has 1 aliphatic rings. The van der Waals surface area contributed by atoms with Gasteiger partial charge >= 0.3 is 0 Å². The first-order valence-electron chi connectivity index (χ1n) is 10.1. The van der Waals surface area contributed by atoms with Gasteiger partial charge in [-0.05, 0) is 63.2 Å². The minimum atomic E-state index is -1.11. The molecule has 2 aromatic rings. The Morgan fingerprint density at radius 3 is 2.30 bits per heavy atom. The summed E-state index contributed by atoms with van der Waals surface area (Å²) in [6, 6.07) is 9.54. The van der Waals surface area contributed by atoms with Crippen molar-refractivity contribution in [3.8, 4) is 0 Å². The maximum atomic E-state index is 14.2. The Morgan fingerprint density at radius 2 is 1.67 bits per heavy atom. The number of piperidine rings is 1. The van der Waals surface area contributed by atoms with Crippen LogP contribution < -0.4 is 5.32 Å². The normalized spacial score (nSPS) is 15.2. The zero-order valence-electron chi connectivity index (χ0n) is 17.3. The summed E-state index contributed by atoms with van der Waals surface area (Å²) in [5.41, 5.74) is 1.04. The Balaban J connectivity index is 1.71. The average molecular weight is 415 g/mol. The zero-order valence-corrected chi connectivity index (χ0v) is 17.3. The van der Waals surface area contributed by atoms with Crippen LogP contribution in [0.2, 0.25) is 0 Å². The van der Waals surface area contributed by atoms with E-state index >= 15 is 0 Å². The number of nitrogens with one attached hydrogen (secondary N) is 1. The highest BCUT2D eigenvalue weighted by Crippen LogP contribution is 2.25. The van der Waals surface area contributed by atoms with E-state index in [0.717, 1.165) is 50.0 Å². The second-order valence-electron chi connectivity index (χ2n) is 7.77. The molecular weight excluding hydrogens is 388 g/mol. The SMILES string of the molecule is CN(C)C(C(=O)NCc1cccc(C(=O)N2CCCCC2)c1)c1c(F)cccc1F. The number of carbonyl (C=O) groups is 2. The maximum Gasteiger partial charge on any atom is 0.253 e. The number of benzene rings is 2. The molecule has 30 heavy (non-hydrogen) atoms. The van der Waals surface area contributed by atoms with Crippen molar-refractivity contribution in [2.24, 2.45) is 0 Å². The molecule has 0 saturated carbocycles. The molecule has 0 radical (unpaired) electrons. The van der Waals surface area contributed by atoms with E-state index in [4.69, 9.17) is 0 Å². The van der Waals surface area contributed by atoms with Crippen molar-refractivity contribution in [1.82, 2.24) is 15.1 Å². The molecule has 7 heteroatoms. The number of halogens is 2. The molecule has 160 valence electrons. The molecule has 0 spiro atoms. The fourth-order valence-corrected chi connectivity index (χ4v) is 3.78. The van der Waals surface area contributed by atoms with Gasteiger partial charge in [-0.15, -0.1) is 0 Å². The minimum Gasteiger partial charge on any atom is -0.350 e. The molecule has 0 bridgehead atoms. The van der Waals surface area contributed by atoms with E-state index in [2.05, 4.69) is 5.32 Å². The first-order chi connectivity index (χ1) is 14.4. The molecule has 1 saturated heterocycles. The predicted octanol–water partition coefficient (Wildman–Crippen LogP) is 3.51. The van der Waals surface area contributed by atoms with Gasteiger partial charge in [0.25, 0.3) is 5.91 Å². The predicted molar refractivity (Wildman–Crippen MR) is 111 cm³/mol. The number of carbonyl (C=O) groups excluding carboxylic acids is 2. The van der Waals surface area contributed by atoms with Crippen LogP contribution in [0.5, 0.6) is 0 Å². The summed E-state index contributed by atoms with van der Waals surface area (Å²) < 4.78 is 28.4. The summed E-state index contributed by atoms with van der Waals surface area (Å²) in [6.07, 6.45) is 3.17. The van der Waals surface area contributed by atoms with Crippen molar-refractivity contribution < 1.29 is 18.4 Å². The fraction of sp³-hybridized carbons (Fsp3) is 0.391. The molecule has 0 aliphatic carbocycles. The average Bonchev–Trinajstić information content (AvgIpc) is 2.74. The lowest BCUT2D eigenvalue weighted by atomic mass is 10.0. The fourth-order valence-electron chi connectivity index (χ4n) is 3.78. The van der Waals surface area contributed by atoms with Crippen molar-refractivity contribution in [1.29, 1.82) is 0 Å². The summed E-state index contributed by atoms with van der Waals surface area (Å²) in [5.74, 6) is -2.06. The van der Waals surface area contributed by atoms with Crippen LogP contribution >= 0.6 is 0 Å². The van der Waals surface area contributed by atoms with Crippen LogP contribution in [0.25, 0.3) is 0 Å². The van der Waals surface area contributed by atoms with Crippen LogP contribution in [-0.2, 0) is 11.3 Å². The zero-order chi connectivity index (χ0) is 21.7. The molecule has 0 aromatic heterocycles. The molecule has 5 nitrogen and oxygen atoms in total. The number of rotatable bonds is 6. The second-order valence-corrected chi connectivity index (χ2v) is 7.77. The molecule has 1 heterocycles. The van der Waals surface area contributed by atoms with Gasteiger partial charge in [-0.1, -0.05) is 18.2 Å². The Labute approximate surface area is 175 Å². The highest BCUT2D eigenvalue weighted by atomic mass is 19.1. The van der Waals surface area contributed by atoms with Gasteiger partial charge in [0.05, 0.1) is 5.56 Å². The van der Waals surface area contributed by atoms with E-state index in [0.29, 0.717) is 5.56 Å². The topological polar surface area (TPSA) is 52.7 Å². The number of likely N-dealkylation sites (N-methyl/N-ethyl adjacent to an activating group) is 1. The van der Waals surface area contributed by atoms with Crippen LogP contribution in [0.4, 0.5) is 8.78 Å². The molecule has 3 rings (SSSR count). The van der Waals surface area contributed by atoms with E-state index in [1.165, 1.54) is 11.0 Å². The van der Waals surface area contributed by atoms with E-state index in [1.807, 2.05) is 11.0 Å². The first kappa shape index (κ1) is 21.9. The van der Waals surface area contributed by atoms with Crippen molar-refractivity contribution >= 4 is 11.8 Å². The number of nitrogens with zero attached hydrogens (tertiary/aromatic N) is 2. The van der Waals surface area contributed by atoms with Gasteiger partial charge in [-0.2, -0.15) is 0 Å². The third-order valence-electron chi connectivity index (χ3n) is 5.32. The molecule has 2 aromatic carbocycles. The smallest absolute Gasteiger partial charge is 0.253 e. The van der Waals surface area contributed by atoms with E-state index in [9.17, 15) is 18.4 Å². The number of hydrogen-bond donors (Lipinski definition) is 1. The third kappa shape index (κ3) is 5.02. The minimum absolute atomic E-state index is 0.0116. The molecular formula is C23H27F2N3O2. The van der Waals surface area contributed by atoms with Gasteiger partial charge in [0.2, 0.25) is 5.91 Å². The van der Waals surface area contributed by atoms with Gasteiger partial charge in [0, 0.05) is 25.2 Å². The maximum absolute atomic E-state index is 14.2. The lowest BCUT2D eigenvalue weighted by Gasteiger charge is -2.27. The van der Waals surface area contributed by atoms with E-state index < -0.39 is 23.6 Å². The molecule has 1 atom stereocenters. The van der Waals surface area contributed by atoms with Crippen LogP contribution in [-0.4, -0.2) is 48.8 Å².